The molecule has 1 aromatic carbocycles. The number of hydrogen-bond donors (Lipinski definition) is 0. The summed E-state index contributed by atoms with van der Waals surface area (Å²) in [6, 6.07) is 4.81. The van der Waals surface area contributed by atoms with Crippen LogP contribution in [0, 0.1) is 20.8 Å². The Labute approximate surface area is 129 Å². The highest BCUT2D eigenvalue weighted by Gasteiger charge is 2.46. The molecule has 0 aliphatic carbocycles. The molecule has 0 saturated carbocycles. The van der Waals surface area contributed by atoms with E-state index in [1.165, 1.54) is 17.5 Å². The molecule has 0 bridgehead atoms. The second kappa shape index (κ2) is 6.08. The van der Waals surface area contributed by atoms with Crippen molar-refractivity contribution in [3.8, 4) is 0 Å². The molecular formula is C15H14F3NO2S. The first-order valence-electron chi connectivity index (χ1n) is 6.45. The molecule has 0 radical (unpaired) electrons. The molecule has 2 rings (SSSR count). The van der Waals surface area contributed by atoms with Crippen LogP contribution in [0.4, 0.5) is 13.2 Å². The van der Waals surface area contributed by atoms with E-state index in [0.29, 0.717) is 5.69 Å². The summed E-state index contributed by atoms with van der Waals surface area (Å²) in [7, 11) is 0. The number of aryl methyl sites for hydroxylation is 3. The van der Waals surface area contributed by atoms with Crippen LogP contribution in [0.3, 0.4) is 0 Å². The van der Waals surface area contributed by atoms with Gasteiger partial charge in [-0.25, -0.2) is 9.78 Å². The van der Waals surface area contributed by atoms with E-state index in [4.69, 9.17) is 4.74 Å². The van der Waals surface area contributed by atoms with Crippen LogP contribution in [0.15, 0.2) is 23.6 Å². The molecule has 0 saturated heterocycles. The third-order valence-corrected chi connectivity index (χ3v) is 3.85. The maximum Gasteiger partial charge on any atom is 0.432 e. The zero-order chi connectivity index (χ0) is 16.5. The van der Waals surface area contributed by atoms with Gasteiger partial charge in [-0.2, -0.15) is 13.2 Å². The minimum Gasteiger partial charge on any atom is -0.442 e. The smallest absolute Gasteiger partial charge is 0.432 e. The number of hydrogen-bond acceptors (Lipinski definition) is 4. The second-order valence-corrected chi connectivity index (χ2v) is 5.92. The molecule has 1 atom stereocenters. The lowest BCUT2D eigenvalue weighted by molar-refractivity contribution is -0.207. The maximum absolute atomic E-state index is 13.1. The molecule has 118 valence electrons. The van der Waals surface area contributed by atoms with Gasteiger partial charge in [0.25, 0.3) is 0 Å². The van der Waals surface area contributed by atoms with Crippen molar-refractivity contribution in [2.24, 2.45) is 0 Å². The summed E-state index contributed by atoms with van der Waals surface area (Å²) >= 11 is 0.820. The molecule has 22 heavy (non-hydrogen) atoms. The van der Waals surface area contributed by atoms with Gasteiger partial charge in [0.05, 0.1) is 5.56 Å². The van der Waals surface area contributed by atoms with Crippen LogP contribution in [0.25, 0.3) is 0 Å². The second-order valence-electron chi connectivity index (χ2n) is 5.03. The number of alkyl halides is 3. The van der Waals surface area contributed by atoms with Gasteiger partial charge in [0.2, 0.25) is 6.10 Å². The van der Waals surface area contributed by atoms with Crippen molar-refractivity contribution in [2.75, 3.05) is 0 Å². The minimum atomic E-state index is -4.71. The fraction of sp³-hybridized carbons (Fsp3) is 0.333. The molecule has 0 fully saturated rings. The van der Waals surface area contributed by atoms with Gasteiger partial charge in [0, 0.05) is 11.1 Å². The van der Waals surface area contributed by atoms with Crippen LogP contribution in [0.5, 0.6) is 0 Å². The van der Waals surface area contributed by atoms with Gasteiger partial charge in [-0.3, -0.25) is 0 Å². The molecule has 3 nitrogen and oxygen atoms in total. The molecule has 0 N–H and O–H groups in total. The molecule has 1 unspecified atom stereocenters. The van der Waals surface area contributed by atoms with E-state index < -0.39 is 18.2 Å². The van der Waals surface area contributed by atoms with Crippen molar-refractivity contribution in [1.82, 2.24) is 4.98 Å². The average Bonchev–Trinajstić information content (AvgIpc) is 2.79. The first kappa shape index (κ1) is 16.5. The Hall–Kier alpha value is -1.89. The number of rotatable bonds is 3. The maximum atomic E-state index is 13.1. The Kier molecular flexibility index (Phi) is 4.55. The molecule has 0 aliphatic heterocycles. The highest BCUT2D eigenvalue weighted by Crippen LogP contribution is 2.37. The molecule has 0 amide bonds. The number of ether oxygens (including phenoxy) is 1. The summed E-state index contributed by atoms with van der Waals surface area (Å²) in [5, 5.41) is 1.21. The summed E-state index contributed by atoms with van der Waals surface area (Å²) in [4.78, 5) is 15.8. The number of thiazole rings is 1. The van der Waals surface area contributed by atoms with E-state index in [-0.39, 0.29) is 10.6 Å². The van der Waals surface area contributed by atoms with Crippen molar-refractivity contribution in [3.05, 3.63) is 51.0 Å². The largest absolute Gasteiger partial charge is 0.442 e. The molecular weight excluding hydrogens is 315 g/mol. The molecule has 2 aromatic rings. The van der Waals surface area contributed by atoms with Gasteiger partial charge < -0.3 is 4.74 Å². The number of carbonyl (C=O) groups is 1. The zero-order valence-electron chi connectivity index (χ0n) is 12.2. The normalized spacial score (nSPS) is 13.0. The number of halogens is 3. The Morgan fingerprint density at radius 2 is 1.77 bits per heavy atom. The number of esters is 1. The Balaban J connectivity index is 2.29. The molecule has 1 aromatic heterocycles. The van der Waals surface area contributed by atoms with Crippen molar-refractivity contribution in [1.29, 1.82) is 0 Å². The third kappa shape index (κ3) is 3.85. The van der Waals surface area contributed by atoms with Gasteiger partial charge >= 0.3 is 12.1 Å². The van der Waals surface area contributed by atoms with Gasteiger partial charge in [-0.15, -0.1) is 11.3 Å². The number of benzene rings is 1. The Morgan fingerprint density at radius 1 is 1.18 bits per heavy atom. The Morgan fingerprint density at radius 3 is 2.23 bits per heavy atom. The lowest BCUT2D eigenvalue weighted by Gasteiger charge is -2.19. The van der Waals surface area contributed by atoms with Gasteiger partial charge in [0.15, 0.2) is 0 Å². The van der Waals surface area contributed by atoms with Gasteiger partial charge in [0.1, 0.15) is 5.01 Å². The summed E-state index contributed by atoms with van der Waals surface area (Å²) in [6.07, 6.45) is -7.06. The fourth-order valence-electron chi connectivity index (χ4n) is 2.02. The number of aromatic nitrogens is 1. The molecule has 1 heterocycles. The van der Waals surface area contributed by atoms with E-state index >= 15 is 0 Å². The van der Waals surface area contributed by atoms with Crippen LogP contribution in [-0.2, 0) is 4.74 Å². The van der Waals surface area contributed by atoms with Crippen molar-refractivity contribution in [2.45, 2.75) is 33.1 Å². The van der Waals surface area contributed by atoms with E-state index in [2.05, 4.69) is 4.98 Å². The fourth-order valence-corrected chi connectivity index (χ4v) is 2.86. The lowest BCUT2D eigenvalue weighted by atomic mass is 10.1. The summed E-state index contributed by atoms with van der Waals surface area (Å²) in [5.74, 6) is -1.01. The van der Waals surface area contributed by atoms with E-state index in [9.17, 15) is 18.0 Å². The lowest BCUT2D eigenvalue weighted by Crippen LogP contribution is -2.26. The van der Waals surface area contributed by atoms with Crippen LogP contribution in [0.2, 0.25) is 0 Å². The van der Waals surface area contributed by atoms with Crippen LogP contribution in [0.1, 0.15) is 38.3 Å². The highest BCUT2D eigenvalue weighted by atomic mass is 32.1. The van der Waals surface area contributed by atoms with Gasteiger partial charge in [-0.1, -0.05) is 17.2 Å². The van der Waals surface area contributed by atoms with Crippen molar-refractivity contribution >= 4 is 17.3 Å². The SMILES string of the molecule is Cc1cc(C)cc(C(=O)OC(c2nc(C)cs2)C(F)(F)F)c1. The quantitative estimate of drug-likeness (QED) is 0.777. The zero-order valence-corrected chi connectivity index (χ0v) is 13.0. The van der Waals surface area contributed by atoms with Crippen molar-refractivity contribution < 1.29 is 22.7 Å². The van der Waals surface area contributed by atoms with Gasteiger partial charge in [-0.05, 0) is 32.9 Å². The monoisotopic (exact) mass is 329 g/mol. The van der Waals surface area contributed by atoms with E-state index in [1.54, 1.807) is 20.8 Å². The van der Waals surface area contributed by atoms with Crippen molar-refractivity contribution in [3.63, 3.8) is 0 Å². The predicted octanol–water partition coefficient (Wildman–Crippen LogP) is 4.53. The first-order valence-corrected chi connectivity index (χ1v) is 7.33. The average molecular weight is 329 g/mol. The van der Waals surface area contributed by atoms with E-state index in [0.717, 1.165) is 22.5 Å². The molecule has 0 spiro atoms. The Bertz CT molecular complexity index is 674. The first-order chi connectivity index (χ1) is 10.2. The molecule has 7 heteroatoms. The standard InChI is InChI=1S/C15H14F3NO2S/c1-8-4-9(2)6-11(5-8)14(20)21-12(15(16,17)18)13-19-10(3)7-22-13/h4-7,12H,1-3H3. The van der Waals surface area contributed by atoms with E-state index in [1.807, 2.05) is 6.07 Å². The van der Waals surface area contributed by atoms with Crippen LogP contribution < -0.4 is 0 Å². The van der Waals surface area contributed by atoms with Crippen LogP contribution in [-0.4, -0.2) is 17.1 Å². The summed E-state index contributed by atoms with van der Waals surface area (Å²) in [5.41, 5.74) is 2.11. The predicted molar refractivity (Wildman–Crippen MR) is 77.0 cm³/mol. The third-order valence-electron chi connectivity index (χ3n) is 2.84. The highest BCUT2D eigenvalue weighted by molar-refractivity contribution is 7.09. The summed E-state index contributed by atoms with van der Waals surface area (Å²) in [6.45, 7) is 5.10. The van der Waals surface area contributed by atoms with Crippen LogP contribution >= 0.6 is 11.3 Å². The summed E-state index contributed by atoms with van der Waals surface area (Å²) < 4.78 is 44.1. The molecule has 0 aliphatic rings. The number of nitrogens with zero attached hydrogens (tertiary/aromatic N) is 1. The topological polar surface area (TPSA) is 39.2 Å². The number of carbonyl (C=O) groups excluding carboxylic acids is 1. The minimum absolute atomic E-state index is 0.0972.